The van der Waals surface area contributed by atoms with Crippen LogP contribution in [-0.2, 0) is 16.1 Å². The molecular formula is C26H37N5O4S. The Kier molecular flexibility index (Phi) is 9.19. The van der Waals surface area contributed by atoms with E-state index in [0.717, 1.165) is 11.3 Å². The second kappa shape index (κ2) is 11.9. The zero-order chi connectivity index (χ0) is 26.5. The van der Waals surface area contributed by atoms with Crippen molar-refractivity contribution >= 4 is 35.3 Å². The Morgan fingerprint density at radius 3 is 2.72 bits per heavy atom. The quantitative estimate of drug-likeness (QED) is 0.376. The van der Waals surface area contributed by atoms with Crippen molar-refractivity contribution in [3.05, 3.63) is 41.6 Å². The minimum atomic E-state index is -0.519. The van der Waals surface area contributed by atoms with E-state index >= 15 is 0 Å². The lowest BCUT2D eigenvalue weighted by Crippen LogP contribution is -2.35. The summed E-state index contributed by atoms with van der Waals surface area (Å²) < 4.78 is 11.4. The fourth-order valence-electron chi connectivity index (χ4n) is 3.69. The van der Waals surface area contributed by atoms with E-state index in [0.29, 0.717) is 49.2 Å². The Bertz CT molecular complexity index is 1070. The predicted molar refractivity (Wildman–Crippen MR) is 143 cm³/mol. The van der Waals surface area contributed by atoms with E-state index < -0.39 is 5.60 Å². The molecule has 0 bridgehead atoms. The highest BCUT2D eigenvalue weighted by Gasteiger charge is 2.28. The molecule has 0 saturated heterocycles. The Hall–Kier alpha value is -2.85. The topological polar surface area (TPSA) is 88.1 Å². The SMILES string of the molecule is CSc1ncc2c(n1)N(C)CCN(c1cccc(COC(C)CCN(C)C(=O)OC(C)(C)C)c1)C2=O. The molecule has 2 aromatic rings. The third-order valence-electron chi connectivity index (χ3n) is 5.76. The number of amides is 2. The highest BCUT2D eigenvalue weighted by molar-refractivity contribution is 7.98. The lowest BCUT2D eigenvalue weighted by Gasteiger charge is -2.25. The summed E-state index contributed by atoms with van der Waals surface area (Å²) in [4.78, 5) is 39.7. The van der Waals surface area contributed by atoms with Gasteiger partial charge in [-0.1, -0.05) is 23.9 Å². The molecule has 10 heteroatoms. The molecule has 0 aliphatic carbocycles. The van der Waals surface area contributed by atoms with Gasteiger partial charge in [-0.2, -0.15) is 0 Å². The number of hydrogen-bond donors (Lipinski definition) is 0. The summed E-state index contributed by atoms with van der Waals surface area (Å²) >= 11 is 1.45. The molecule has 0 radical (unpaired) electrons. The first-order valence-electron chi connectivity index (χ1n) is 12.1. The van der Waals surface area contributed by atoms with Crippen molar-refractivity contribution in [3.8, 4) is 0 Å². The van der Waals surface area contributed by atoms with E-state index in [1.165, 1.54) is 11.8 Å². The fourth-order valence-corrected chi connectivity index (χ4v) is 4.03. The van der Waals surface area contributed by atoms with Gasteiger partial charge < -0.3 is 24.2 Å². The molecule has 1 aromatic carbocycles. The van der Waals surface area contributed by atoms with Crippen LogP contribution in [0.15, 0.2) is 35.6 Å². The molecule has 0 saturated carbocycles. The first-order valence-corrected chi connectivity index (χ1v) is 13.3. The van der Waals surface area contributed by atoms with Crippen molar-refractivity contribution in [2.75, 3.05) is 49.8 Å². The predicted octanol–water partition coefficient (Wildman–Crippen LogP) is 4.46. The fraction of sp³-hybridized carbons (Fsp3) is 0.538. The van der Waals surface area contributed by atoms with E-state index in [-0.39, 0.29) is 18.1 Å². The summed E-state index contributed by atoms with van der Waals surface area (Å²) in [5, 5.41) is 0.646. The Morgan fingerprint density at radius 2 is 2.03 bits per heavy atom. The first-order chi connectivity index (χ1) is 17.0. The maximum absolute atomic E-state index is 13.4. The number of hydrogen-bond acceptors (Lipinski definition) is 8. The zero-order valence-electron chi connectivity index (χ0n) is 22.3. The van der Waals surface area contributed by atoms with E-state index in [1.54, 1.807) is 23.0 Å². The highest BCUT2D eigenvalue weighted by atomic mass is 32.2. The molecule has 1 aliphatic rings. The molecule has 0 spiro atoms. The number of benzene rings is 1. The van der Waals surface area contributed by atoms with Crippen molar-refractivity contribution in [2.24, 2.45) is 0 Å². The van der Waals surface area contributed by atoms with Crippen LogP contribution in [-0.4, -0.2) is 78.6 Å². The van der Waals surface area contributed by atoms with Crippen molar-refractivity contribution in [3.63, 3.8) is 0 Å². The molecule has 1 atom stereocenters. The number of thioether (sulfide) groups is 1. The van der Waals surface area contributed by atoms with Crippen LogP contribution < -0.4 is 9.80 Å². The first kappa shape index (κ1) is 27.7. The average molecular weight is 516 g/mol. The molecule has 2 heterocycles. The maximum atomic E-state index is 13.4. The summed E-state index contributed by atoms with van der Waals surface area (Å²) in [5.41, 5.74) is 1.76. The molecule has 3 rings (SSSR count). The van der Waals surface area contributed by atoms with Crippen LogP contribution in [0, 0.1) is 0 Å². The molecule has 1 aromatic heterocycles. The van der Waals surface area contributed by atoms with Gasteiger partial charge in [0.25, 0.3) is 5.91 Å². The van der Waals surface area contributed by atoms with E-state index in [1.807, 2.05) is 70.2 Å². The summed E-state index contributed by atoms with van der Waals surface area (Å²) in [5.74, 6) is 0.546. The van der Waals surface area contributed by atoms with Crippen LogP contribution in [0.1, 0.15) is 50.0 Å². The number of carbonyl (C=O) groups is 2. The number of ether oxygens (including phenoxy) is 2. The van der Waals surface area contributed by atoms with Gasteiger partial charge in [0.15, 0.2) is 5.16 Å². The van der Waals surface area contributed by atoms with Crippen LogP contribution in [0.4, 0.5) is 16.3 Å². The van der Waals surface area contributed by atoms with Gasteiger partial charge >= 0.3 is 6.09 Å². The van der Waals surface area contributed by atoms with Gasteiger partial charge in [-0.25, -0.2) is 14.8 Å². The Labute approximate surface area is 218 Å². The summed E-state index contributed by atoms with van der Waals surface area (Å²) in [6, 6.07) is 7.84. The van der Waals surface area contributed by atoms with Crippen molar-refractivity contribution in [1.29, 1.82) is 0 Å². The van der Waals surface area contributed by atoms with Crippen LogP contribution in [0.5, 0.6) is 0 Å². The van der Waals surface area contributed by atoms with Gasteiger partial charge in [-0.15, -0.1) is 0 Å². The standard InChI is InChI=1S/C26H37N5O4S/c1-18(11-12-30(6)25(33)35-26(2,3)4)34-17-19-9-8-10-20(15-19)31-14-13-29(5)22-21(23(31)32)16-27-24(28-22)36-7/h8-10,15-16,18H,11-14,17H2,1-7H3. The smallest absolute Gasteiger partial charge is 0.410 e. The van der Waals surface area contributed by atoms with Crippen molar-refractivity contribution < 1.29 is 19.1 Å². The summed E-state index contributed by atoms with van der Waals surface area (Å²) in [7, 11) is 3.67. The normalized spacial score (nSPS) is 14.8. The molecule has 1 aliphatic heterocycles. The number of nitrogens with zero attached hydrogens (tertiary/aromatic N) is 5. The zero-order valence-corrected chi connectivity index (χ0v) is 23.1. The van der Waals surface area contributed by atoms with E-state index in [9.17, 15) is 9.59 Å². The van der Waals surface area contributed by atoms with Crippen LogP contribution in [0.3, 0.4) is 0 Å². The van der Waals surface area contributed by atoms with Crippen LogP contribution >= 0.6 is 11.8 Å². The molecule has 0 N–H and O–H groups in total. The second-order valence-corrected chi connectivity index (χ2v) is 10.7. The average Bonchev–Trinajstić information content (AvgIpc) is 2.96. The minimum Gasteiger partial charge on any atom is -0.444 e. The molecule has 1 unspecified atom stereocenters. The molecule has 0 fully saturated rings. The second-order valence-electron chi connectivity index (χ2n) is 9.95. The van der Waals surface area contributed by atoms with Crippen LogP contribution in [0.25, 0.3) is 0 Å². The number of carbonyl (C=O) groups excluding carboxylic acids is 2. The molecule has 9 nitrogen and oxygen atoms in total. The van der Waals surface area contributed by atoms with Gasteiger partial charge in [0.2, 0.25) is 0 Å². The van der Waals surface area contributed by atoms with Gasteiger partial charge in [-0.3, -0.25) is 4.79 Å². The summed E-state index contributed by atoms with van der Waals surface area (Å²) in [6.45, 7) is 9.68. The lowest BCUT2D eigenvalue weighted by atomic mass is 10.1. The van der Waals surface area contributed by atoms with Crippen molar-refractivity contribution in [2.45, 2.75) is 57.6 Å². The van der Waals surface area contributed by atoms with Gasteiger partial charge in [0.1, 0.15) is 17.0 Å². The maximum Gasteiger partial charge on any atom is 0.410 e. The molecular weight excluding hydrogens is 478 g/mol. The van der Waals surface area contributed by atoms with Gasteiger partial charge in [0, 0.05) is 45.6 Å². The number of likely N-dealkylation sites (N-methyl/N-ethyl adjacent to an activating group) is 1. The number of aromatic nitrogens is 2. The van der Waals surface area contributed by atoms with E-state index in [4.69, 9.17) is 9.47 Å². The van der Waals surface area contributed by atoms with Gasteiger partial charge in [-0.05, 0) is 58.1 Å². The Balaban J connectivity index is 1.61. The monoisotopic (exact) mass is 515 g/mol. The minimum absolute atomic E-state index is 0.0540. The number of rotatable bonds is 8. The molecule has 196 valence electrons. The third kappa shape index (κ3) is 7.33. The van der Waals surface area contributed by atoms with E-state index in [2.05, 4.69) is 9.97 Å². The third-order valence-corrected chi connectivity index (χ3v) is 6.32. The largest absolute Gasteiger partial charge is 0.444 e. The lowest BCUT2D eigenvalue weighted by molar-refractivity contribution is 0.0193. The molecule has 36 heavy (non-hydrogen) atoms. The summed E-state index contributed by atoms with van der Waals surface area (Å²) in [6.07, 6.45) is 3.82. The Morgan fingerprint density at radius 1 is 1.28 bits per heavy atom. The molecule has 2 amide bonds. The highest BCUT2D eigenvalue weighted by Crippen LogP contribution is 2.27. The van der Waals surface area contributed by atoms with Gasteiger partial charge in [0.05, 0.1) is 12.7 Å². The van der Waals surface area contributed by atoms with Crippen molar-refractivity contribution in [1.82, 2.24) is 14.9 Å². The number of fused-ring (bicyclic) bond motifs is 1. The van der Waals surface area contributed by atoms with Crippen LogP contribution in [0.2, 0.25) is 0 Å². The number of anilines is 2.